The summed E-state index contributed by atoms with van der Waals surface area (Å²) in [4.78, 5) is 0. The molecule has 1 heteroatoms. The van der Waals surface area contributed by atoms with Gasteiger partial charge in [0.05, 0.1) is 0 Å². The van der Waals surface area contributed by atoms with Gasteiger partial charge < -0.3 is 5.32 Å². The van der Waals surface area contributed by atoms with Crippen LogP contribution in [-0.2, 0) is 0 Å². The van der Waals surface area contributed by atoms with E-state index in [-0.39, 0.29) is 0 Å². The minimum absolute atomic E-state index is 0.841. The average Bonchev–Trinajstić information content (AvgIpc) is 2.97. The third kappa shape index (κ3) is 3.21. The maximum atomic E-state index is 3.72. The molecule has 0 radical (unpaired) electrons. The Bertz CT molecular complexity index is 184. The Morgan fingerprint density at radius 2 is 1.87 bits per heavy atom. The van der Waals surface area contributed by atoms with E-state index in [1.165, 1.54) is 44.9 Å². The molecule has 15 heavy (non-hydrogen) atoms. The van der Waals surface area contributed by atoms with E-state index < -0.39 is 0 Å². The van der Waals surface area contributed by atoms with Crippen molar-refractivity contribution in [1.29, 1.82) is 0 Å². The minimum Gasteiger partial charge on any atom is -0.314 e. The van der Waals surface area contributed by atoms with E-state index in [1.807, 2.05) is 0 Å². The lowest BCUT2D eigenvalue weighted by Crippen LogP contribution is -2.34. The molecule has 0 bridgehead atoms. The highest BCUT2D eigenvalue weighted by Gasteiger charge is 2.39. The van der Waals surface area contributed by atoms with Crippen molar-refractivity contribution < 1.29 is 0 Å². The molecule has 0 amide bonds. The summed E-state index contributed by atoms with van der Waals surface area (Å²) in [6, 6.07) is 0.841. The maximum absolute atomic E-state index is 3.72. The normalized spacial score (nSPS) is 34.0. The van der Waals surface area contributed by atoms with Crippen LogP contribution in [0.3, 0.4) is 0 Å². The Morgan fingerprint density at radius 1 is 1.20 bits per heavy atom. The largest absolute Gasteiger partial charge is 0.314 e. The highest BCUT2D eigenvalue weighted by Crippen LogP contribution is 2.43. The van der Waals surface area contributed by atoms with Crippen LogP contribution in [0.2, 0.25) is 0 Å². The number of rotatable bonds is 5. The average molecular weight is 209 g/mol. The zero-order valence-electron chi connectivity index (χ0n) is 10.5. The van der Waals surface area contributed by atoms with Gasteiger partial charge in [-0.3, -0.25) is 0 Å². The molecule has 2 rings (SSSR count). The highest BCUT2D eigenvalue weighted by atomic mass is 14.9. The third-order valence-electron chi connectivity index (χ3n) is 4.47. The van der Waals surface area contributed by atoms with Gasteiger partial charge >= 0.3 is 0 Å². The SMILES string of the molecule is CCNC(CC1CCCCC1)C1CC1C. The van der Waals surface area contributed by atoms with Gasteiger partial charge in [-0.25, -0.2) is 0 Å². The summed E-state index contributed by atoms with van der Waals surface area (Å²) < 4.78 is 0. The van der Waals surface area contributed by atoms with Crippen LogP contribution in [0, 0.1) is 17.8 Å². The predicted molar refractivity (Wildman–Crippen MR) is 65.9 cm³/mol. The molecule has 0 saturated heterocycles. The number of hydrogen-bond donors (Lipinski definition) is 1. The molecular weight excluding hydrogens is 182 g/mol. The van der Waals surface area contributed by atoms with Crippen LogP contribution in [0.1, 0.15) is 58.8 Å². The smallest absolute Gasteiger partial charge is 0.0100 e. The number of nitrogens with one attached hydrogen (secondary N) is 1. The lowest BCUT2D eigenvalue weighted by atomic mass is 9.83. The monoisotopic (exact) mass is 209 g/mol. The molecule has 2 aliphatic carbocycles. The van der Waals surface area contributed by atoms with E-state index >= 15 is 0 Å². The molecule has 0 spiro atoms. The van der Waals surface area contributed by atoms with Crippen LogP contribution in [0.15, 0.2) is 0 Å². The molecule has 0 aromatic heterocycles. The van der Waals surface area contributed by atoms with Crippen molar-refractivity contribution in [2.24, 2.45) is 17.8 Å². The molecule has 0 heterocycles. The fraction of sp³-hybridized carbons (Fsp3) is 1.00. The summed E-state index contributed by atoms with van der Waals surface area (Å²) in [7, 11) is 0. The van der Waals surface area contributed by atoms with Gasteiger partial charge in [0.2, 0.25) is 0 Å². The first-order valence-electron chi connectivity index (χ1n) is 7.04. The van der Waals surface area contributed by atoms with Gasteiger partial charge in [0.1, 0.15) is 0 Å². The van der Waals surface area contributed by atoms with Crippen LogP contribution in [0.5, 0.6) is 0 Å². The molecule has 0 aliphatic heterocycles. The molecule has 2 aliphatic rings. The Labute approximate surface area is 95.0 Å². The molecule has 0 aromatic carbocycles. The Hall–Kier alpha value is -0.0400. The molecule has 3 atom stereocenters. The summed E-state index contributed by atoms with van der Waals surface area (Å²) in [6.45, 7) is 5.82. The zero-order valence-corrected chi connectivity index (χ0v) is 10.5. The van der Waals surface area contributed by atoms with E-state index in [4.69, 9.17) is 0 Å². The van der Waals surface area contributed by atoms with Crippen molar-refractivity contribution in [1.82, 2.24) is 5.32 Å². The number of hydrogen-bond acceptors (Lipinski definition) is 1. The van der Waals surface area contributed by atoms with E-state index in [9.17, 15) is 0 Å². The van der Waals surface area contributed by atoms with E-state index in [2.05, 4.69) is 19.2 Å². The van der Waals surface area contributed by atoms with Gasteiger partial charge in [0, 0.05) is 6.04 Å². The zero-order chi connectivity index (χ0) is 10.7. The third-order valence-corrected chi connectivity index (χ3v) is 4.47. The molecule has 88 valence electrons. The fourth-order valence-electron chi connectivity index (χ4n) is 3.37. The second-order valence-corrected chi connectivity index (χ2v) is 5.78. The van der Waals surface area contributed by atoms with Crippen LogP contribution < -0.4 is 5.32 Å². The van der Waals surface area contributed by atoms with Crippen LogP contribution in [-0.4, -0.2) is 12.6 Å². The molecule has 1 nitrogen and oxygen atoms in total. The highest BCUT2D eigenvalue weighted by molar-refractivity contribution is 4.93. The molecule has 2 saturated carbocycles. The van der Waals surface area contributed by atoms with E-state index in [1.54, 1.807) is 0 Å². The molecule has 2 fully saturated rings. The van der Waals surface area contributed by atoms with Crippen LogP contribution in [0.25, 0.3) is 0 Å². The topological polar surface area (TPSA) is 12.0 Å². The van der Waals surface area contributed by atoms with Gasteiger partial charge in [-0.1, -0.05) is 46.0 Å². The lowest BCUT2D eigenvalue weighted by Gasteiger charge is -2.27. The Kier molecular flexibility index (Phi) is 4.07. The standard InChI is InChI=1S/C14H27N/c1-3-15-14(13-9-11(13)2)10-12-7-5-4-6-8-12/h11-15H,3-10H2,1-2H3. The summed E-state index contributed by atoms with van der Waals surface area (Å²) in [6.07, 6.45) is 10.4. The molecular formula is C14H27N. The van der Waals surface area contributed by atoms with Crippen molar-refractivity contribution in [3.05, 3.63) is 0 Å². The van der Waals surface area contributed by atoms with Crippen LogP contribution >= 0.6 is 0 Å². The second kappa shape index (κ2) is 5.34. The van der Waals surface area contributed by atoms with Gasteiger partial charge in [0.25, 0.3) is 0 Å². The van der Waals surface area contributed by atoms with Crippen molar-refractivity contribution in [3.63, 3.8) is 0 Å². The first-order valence-corrected chi connectivity index (χ1v) is 7.04. The van der Waals surface area contributed by atoms with Crippen molar-refractivity contribution in [2.75, 3.05) is 6.54 Å². The first kappa shape index (κ1) is 11.4. The summed E-state index contributed by atoms with van der Waals surface area (Å²) in [5, 5.41) is 3.72. The Balaban J connectivity index is 1.77. The molecule has 3 unspecified atom stereocenters. The fourth-order valence-corrected chi connectivity index (χ4v) is 3.37. The van der Waals surface area contributed by atoms with E-state index in [0.717, 1.165) is 30.3 Å². The molecule has 0 aromatic rings. The van der Waals surface area contributed by atoms with Gasteiger partial charge in [-0.05, 0) is 37.1 Å². The minimum atomic E-state index is 0.841. The predicted octanol–water partition coefficient (Wildman–Crippen LogP) is 3.59. The molecule has 1 N–H and O–H groups in total. The van der Waals surface area contributed by atoms with Gasteiger partial charge in [-0.2, -0.15) is 0 Å². The van der Waals surface area contributed by atoms with E-state index in [0.29, 0.717) is 0 Å². The van der Waals surface area contributed by atoms with Crippen LogP contribution in [0.4, 0.5) is 0 Å². The first-order chi connectivity index (χ1) is 7.31. The summed E-state index contributed by atoms with van der Waals surface area (Å²) in [5.74, 6) is 3.04. The second-order valence-electron chi connectivity index (χ2n) is 5.78. The quantitative estimate of drug-likeness (QED) is 0.729. The van der Waals surface area contributed by atoms with Crippen molar-refractivity contribution in [2.45, 2.75) is 64.8 Å². The van der Waals surface area contributed by atoms with Gasteiger partial charge in [0.15, 0.2) is 0 Å². The van der Waals surface area contributed by atoms with Crippen molar-refractivity contribution in [3.8, 4) is 0 Å². The lowest BCUT2D eigenvalue weighted by molar-refractivity contribution is 0.282. The Morgan fingerprint density at radius 3 is 2.40 bits per heavy atom. The van der Waals surface area contributed by atoms with Crippen molar-refractivity contribution >= 4 is 0 Å². The van der Waals surface area contributed by atoms with Gasteiger partial charge in [-0.15, -0.1) is 0 Å². The maximum Gasteiger partial charge on any atom is 0.0100 e. The summed E-state index contributed by atoms with van der Waals surface area (Å²) >= 11 is 0. The summed E-state index contributed by atoms with van der Waals surface area (Å²) in [5.41, 5.74) is 0.